The van der Waals surface area contributed by atoms with Crippen LogP contribution in [0.5, 0.6) is 5.75 Å². The van der Waals surface area contributed by atoms with Crippen LogP contribution < -0.4 is 10.1 Å². The number of halogens is 1. The van der Waals surface area contributed by atoms with Crippen LogP contribution in [0.3, 0.4) is 0 Å². The zero-order valence-electron chi connectivity index (χ0n) is 16.5. The Bertz CT molecular complexity index is 755. The van der Waals surface area contributed by atoms with Crippen molar-refractivity contribution < 1.29 is 9.53 Å². The molecule has 1 heterocycles. The molecule has 0 spiro atoms. The Balaban J connectivity index is 1.39. The molecule has 0 aliphatic carbocycles. The maximum Gasteiger partial charge on any atom is 0.220 e. The lowest BCUT2D eigenvalue weighted by molar-refractivity contribution is -0.122. The monoisotopic (exact) mass is 400 g/mol. The fourth-order valence-corrected chi connectivity index (χ4v) is 3.76. The molecule has 1 amide bonds. The second kappa shape index (κ2) is 10.5. The minimum absolute atomic E-state index is 0.127. The molecular formula is C23H29ClN2O2. The van der Waals surface area contributed by atoms with Gasteiger partial charge in [-0.3, -0.25) is 9.69 Å². The molecule has 0 aromatic heterocycles. The lowest BCUT2D eigenvalue weighted by Crippen LogP contribution is -2.44. The van der Waals surface area contributed by atoms with Gasteiger partial charge >= 0.3 is 0 Å². The van der Waals surface area contributed by atoms with Crippen molar-refractivity contribution in [1.82, 2.24) is 10.2 Å². The highest BCUT2D eigenvalue weighted by Crippen LogP contribution is 2.20. The number of piperidine rings is 1. The van der Waals surface area contributed by atoms with Gasteiger partial charge in [-0.25, -0.2) is 0 Å². The summed E-state index contributed by atoms with van der Waals surface area (Å²) in [6.07, 6.45) is 3.19. The van der Waals surface area contributed by atoms with Crippen molar-refractivity contribution in [2.75, 3.05) is 19.7 Å². The van der Waals surface area contributed by atoms with Crippen LogP contribution in [0.2, 0.25) is 5.02 Å². The number of nitrogens with one attached hydrogen (secondary N) is 1. The summed E-state index contributed by atoms with van der Waals surface area (Å²) in [6.45, 7) is 5.55. The van der Waals surface area contributed by atoms with E-state index in [1.165, 1.54) is 5.56 Å². The SMILES string of the molecule is CCOc1ccccc1CCC(=O)NC1CCN(Cc2ccc(Cl)cc2)CC1. The summed E-state index contributed by atoms with van der Waals surface area (Å²) in [6, 6.07) is 16.3. The van der Waals surface area contributed by atoms with E-state index in [9.17, 15) is 4.79 Å². The maximum absolute atomic E-state index is 12.4. The third kappa shape index (κ3) is 6.25. The van der Waals surface area contributed by atoms with Gasteiger partial charge in [-0.15, -0.1) is 0 Å². The first-order chi connectivity index (χ1) is 13.6. The first kappa shape index (κ1) is 20.7. The molecule has 2 aromatic carbocycles. The second-order valence-corrected chi connectivity index (χ2v) is 7.72. The van der Waals surface area contributed by atoms with Crippen LogP contribution in [0, 0.1) is 0 Å². The Labute approximate surface area is 172 Å². The molecule has 1 saturated heterocycles. The fraction of sp³-hybridized carbons (Fsp3) is 0.435. The van der Waals surface area contributed by atoms with Gasteiger partial charge in [-0.2, -0.15) is 0 Å². The molecule has 1 aliphatic heterocycles. The minimum Gasteiger partial charge on any atom is -0.494 e. The van der Waals surface area contributed by atoms with E-state index in [0.29, 0.717) is 19.4 Å². The Hall–Kier alpha value is -2.04. The fourth-order valence-electron chi connectivity index (χ4n) is 3.64. The van der Waals surface area contributed by atoms with Crippen LogP contribution in [-0.4, -0.2) is 36.5 Å². The number of benzene rings is 2. The molecule has 1 N–H and O–H groups in total. The summed E-state index contributed by atoms with van der Waals surface area (Å²) < 4.78 is 5.64. The normalized spacial score (nSPS) is 15.4. The van der Waals surface area contributed by atoms with Gasteiger partial charge in [-0.1, -0.05) is 41.9 Å². The number of nitrogens with zero attached hydrogens (tertiary/aromatic N) is 1. The Morgan fingerprint density at radius 2 is 1.86 bits per heavy atom. The molecule has 0 atom stereocenters. The average molecular weight is 401 g/mol. The van der Waals surface area contributed by atoms with Gasteiger partial charge in [0.2, 0.25) is 5.91 Å². The van der Waals surface area contributed by atoms with Crippen molar-refractivity contribution in [3.63, 3.8) is 0 Å². The number of rotatable bonds is 8. The smallest absolute Gasteiger partial charge is 0.220 e. The highest BCUT2D eigenvalue weighted by Gasteiger charge is 2.20. The van der Waals surface area contributed by atoms with Crippen LogP contribution in [-0.2, 0) is 17.8 Å². The second-order valence-electron chi connectivity index (χ2n) is 7.29. The topological polar surface area (TPSA) is 41.6 Å². The molecule has 28 heavy (non-hydrogen) atoms. The summed E-state index contributed by atoms with van der Waals surface area (Å²) in [5.41, 5.74) is 2.37. The standard InChI is InChI=1S/C23H29ClN2O2/c1-2-28-22-6-4-3-5-19(22)9-12-23(27)25-21-13-15-26(16-14-21)17-18-7-10-20(24)11-8-18/h3-8,10-11,21H,2,9,12-17H2,1H3,(H,25,27). The number of hydrogen-bond acceptors (Lipinski definition) is 3. The van der Waals surface area contributed by atoms with E-state index in [4.69, 9.17) is 16.3 Å². The number of likely N-dealkylation sites (tertiary alicyclic amines) is 1. The molecule has 150 valence electrons. The zero-order valence-corrected chi connectivity index (χ0v) is 17.3. The largest absolute Gasteiger partial charge is 0.494 e. The van der Waals surface area contributed by atoms with Gasteiger partial charge in [0.25, 0.3) is 0 Å². The summed E-state index contributed by atoms with van der Waals surface area (Å²) in [4.78, 5) is 14.8. The molecule has 2 aromatic rings. The van der Waals surface area contributed by atoms with Crippen molar-refractivity contribution in [3.8, 4) is 5.75 Å². The van der Waals surface area contributed by atoms with Gasteiger partial charge in [0.05, 0.1) is 6.61 Å². The molecule has 0 saturated carbocycles. The highest BCUT2D eigenvalue weighted by atomic mass is 35.5. The Morgan fingerprint density at radius 1 is 1.14 bits per heavy atom. The van der Waals surface area contributed by atoms with Crippen molar-refractivity contribution in [2.24, 2.45) is 0 Å². The number of hydrogen-bond donors (Lipinski definition) is 1. The van der Waals surface area contributed by atoms with Gasteiger partial charge in [0.15, 0.2) is 0 Å². The average Bonchev–Trinajstić information content (AvgIpc) is 2.71. The van der Waals surface area contributed by atoms with Gasteiger partial charge in [0.1, 0.15) is 5.75 Å². The number of carbonyl (C=O) groups excluding carboxylic acids is 1. The van der Waals surface area contributed by atoms with Crippen molar-refractivity contribution in [3.05, 3.63) is 64.7 Å². The van der Waals surface area contributed by atoms with Crippen LogP contribution in [0.4, 0.5) is 0 Å². The predicted molar refractivity (Wildman–Crippen MR) is 114 cm³/mol. The minimum atomic E-state index is 0.127. The predicted octanol–water partition coefficient (Wildman–Crippen LogP) is 4.45. The van der Waals surface area contributed by atoms with Crippen molar-refractivity contribution in [2.45, 2.75) is 45.2 Å². The molecule has 3 rings (SSSR count). The number of amides is 1. The number of ether oxygens (including phenoxy) is 1. The molecule has 5 heteroatoms. The molecular weight excluding hydrogens is 372 g/mol. The lowest BCUT2D eigenvalue weighted by atomic mass is 10.0. The number of aryl methyl sites for hydroxylation is 1. The molecule has 0 unspecified atom stereocenters. The van der Waals surface area contributed by atoms with E-state index in [0.717, 1.165) is 48.8 Å². The van der Waals surface area contributed by atoms with Gasteiger partial charge in [0, 0.05) is 37.1 Å². The summed E-state index contributed by atoms with van der Waals surface area (Å²) >= 11 is 5.95. The third-order valence-electron chi connectivity index (χ3n) is 5.17. The van der Waals surface area contributed by atoms with E-state index in [-0.39, 0.29) is 11.9 Å². The molecule has 4 nitrogen and oxygen atoms in total. The first-order valence-corrected chi connectivity index (χ1v) is 10.5. The first-order valence-electron chi connectivity index (χ1n) is 10.1. The van der Waals surface area contributed by atoms with Gasteiger partial charge in [-0.05, 0) is 55.5 Å². The van der Waals surface area contributed by atoms with Crippen molar-refractivity contribution >= 4 is 17.5 Å². The van der Waals surface area contributed by atoms with E-state index >= 15 is 0 Å². The number of carbonyl (C=O) groups is 1. The van der Waals surface area contributed by atoms with E-state index in [2.05, 4.69) is 22.3 Å². The van der Waals surface area contributed by atoms with Crippen LogP contribution in [0.1, 0.15) is 37.3 Å². The molecule has 1 aliphatic rings. The van der Waals surface area contributed by atoms with Crippen LogP contribution >= 0.6 is 11.6 Å². The molecule has 0 radical (unpaired) electrons. The van der Waals surface area contributed by atoms with E-state index in [1.807, 2.05) is 43.3 Å². The van der Waals surface area contributed by atoms with Gasteiger partial charge < -0.3 is 10.1 Å². The highest BCUT2D eigenvalue weighted by molar-refractivity contribution is 6.30. The Morgan fingerprint density at radius 3 is 2.57 bits per heavy atom. The molecule has 0 bridgehead atoms. The van der Waals surface area contributed by atoms with E-state index < -0.39 is 0 Å². The molecule has 1 fully saturated rings. The van der Waals surface area contributed by atoms with Crippen LogP contribution in [0.15, 0.2) is 48.5 Å². The maximum atomic E-state index is 12.4. The third-order valence-corrected chi connectivity index (χ3v) is 5.42. The Kier molecular flexibility index (Phi) is 7.75. The summed E-state index contributed by atoms with van der Waals surface area (Å²) in [7, 11) is 0. The van der Waals surface area contributed by atoms with Crippen molar-refractivity contribution in [1.29, 1.82) is 0 Å². The summed E-state index contributed by atoms with van der Waals surface area (Å²) in [5, 5.41) is 3.98. The summed E-state index contributed by atoms with van der Waals surface area (Å²) in [5.74, 6) is 1.01. The van der Waals surface area contributed by atoms with Crippen LogP contribution in [0.25, 0.3) is 0 Å². The zero-order chi connectivity index (χ0) is 19.8. The number of para-hydroxylation sites is 1. The quantitative estimate of drug-likeness (QED) is 0.711. The van der Waals surface area contributed by atoms with E-state index in [1.54, 1.807) is 0 Å². The lowest BCUT2D eigenvalue weighted by Gasteiger charge is -2.32.